The molecule has 0 saturated carbocycles. The fraction of sp³-hybridized carbons (Fsp3) is 0.429. The summed E-state index contributed by atoms with van der Waals surface area (Å²) >= 11 is 0. The van der Waals surface area contributed by atoms with Crippen molar-refractivity contribution in [2.45, 2.75) is 50.3 Å². The first-order valence-electron chi connectivity index (χ1n) is 9.30. The smallest absolute Gasteiger partial charge is 0.0493 e. The number of fused-ring (bicyclic) bond motifs is 3. The van der Waals surface area contributed by atoms with E-state index in [0.717, 1.165) is 16.8 Å². The summed E-state index contributed by atoms with van der Waals surface area (Å²) in [7, 11) is 1.14. The van der Waals surface area contributed by atoms with Crippen molar-refractivity contribution in [1.29, 1.82) is 0 Å². The molecule has 3 heteroatoms. The number of nitrogens with zero attached hydrogens (tertiary/aromatic N) is 1. The second-order valence-electron chi connectivity index (χ2n) is 7.55. The average Bonchev–Trinajstić information content (AvgIpc) is 2.95. The van der Waals surface area contributed by atoms with Gasteiger partial charge in [-0.25, -0.2) is 0 Å². The van der Waals surface area contributed by atoms with Crippen LogP contribution in [0.3, 0.4) is 0 Å². The van der Waals surface area contributed by atoms with Gasteiger partial charge >= 0.3 is 0 Å². The van der Waals surface area contributed by atoms with Crippen LogP contribution in [0.25, 0.3) is 21.8 Å². The van der Waals surface area contributed by atoms with Crippen LogP contribution in [0.1, 0.15) is 45.1 Å². The molecule has 0 aliphatic carbocycles. The number of ether oxygens (including phenoxy) is 1. The Labute approximate surface area is 147 Å². The lowest BCUT2D eigenvalue weighted by atomic mass is 10.0. The lowest BCUT2D eigenvalue weighted by Crippen LogP contribution is -2.37. The highest BCUT2D eigenvalue weighted by molar-refractivity contribution is 6.14. The van der Waals surface area contributed by atoms with Crippen molar-refractivity contribution >= 4 is 32.0 Å². The van der Waals surface area contributed by atoms with Crippen LogP contribution in [0.15, 0.2) is 48.5 Å². The minimum atomic E-state index is 0.214. The highest BCUT2D eigenvalue weighted by Crippen LogP contribution is 2.35. The summed E-state index contributed by atoms with van der Waals surface area (Å²) in [6.07, 6.45) is 6.23. The Morgan fingerprint density at radius 2 is 1.67 bits per heavy atom. The number of rotatable bonds is 4. The maximum absolute atomic E-state index is 6.16. The van der Waals surface area contributed by atoms with Crippen LogP contribution in [-0.4, -0.2) is 26.6 Å². The average molecular weight is 338 g/mol. The molecule has 3 aromatic rings. The normalized spacial score (nSPS) is 23.0. The molecule has 2 heterocycles. The molecule has 2 nitrogen and oxygen atoms in total. The molecule has 1 aromatic heterocycles. The topological polar surface area (TPSA) is 14.2 Å². The molecule has 0 amide bonds. The van der Waals surface area contributed by atoms with Gasteiger partial charge in [-0.2, -0.15) is 0 Å². The van der Waals surface area contributed by atoms with Crippen molar-refractivity contribution in [3.8, 4) is 0 Å². The Morgan fingerprint density at radius 1 is 1.04 bits per heavy atom. The molecule has 1 saturated heterocycles. The Bertz CT molecular complexity index is 794. The van der Waals surface area contributed by atoms with Crippen molar-refractivity contribution in [1.82, 2.24) is 4.57 Å². The van der Waals surface area contributed by atoms with Crippen molar-refractivity contribution in [3.63, 3.8) is 0 Å². The molecule has 2 atom stereocenters. The van der Waals surface area contributed by atoms with E-state index in [1.54, 1.807) is 0 Å². The zero-order chi connectivity index (χ0) is 16.6. The first-order chi connectivity index (χ1) is 11.7. The summed E-state index contributed by atoms with van der Waals surface area (Å²) in [6.45, 7) is 3.33. The first-order valence-corrected chi connectivity index (χ1v) is 10.3. The van der Waals surface area contributed by atoms with Crippen LogP contribution in [0.2, 0.25) is 0 Å². The van der Waals surface area contributed by atoms with Crippen LogP contribution in [0.4, 0.5) is 0 Å². The predicted octanol–water partition coefficient (Wildman–Crippen LogP) is 4.40. The lowest BCUT2D eigenvalue weighted by Gasteiger charge is -2.35. The molecule has 0 bridgehead atoms. The number of benzene rings is 2. The van der Waals surface area contributed by atoms with Gasteiger partial charge in [0.1, 0.15) is 0 Å². The molecule has 1 aliphatic rings. The van der Waals surface area contributed by atoms with E-state index in [2.05, 4.69) is 60.0 Å². The minimum Gasteiger partial charge on any atom is -0.380 e. The van der Waals surface area contributed by atoms with E-state index in [-0.39, 0.29) is 5.22 Å². The molecular weight excluding hydrogens is 310 g/mol. The number of hydrogen-bond acceptors (Lipinski definition) is 1. The van der Waals surface area contributed by atoms with E-state index in [0.29, 0.717) is 6.04 Å². The first kappa shape index (κ1) is 15.9. The molecule has 126 valence electrons. The Balaban J connectivity index is 1.67. The predicted molar refractivity (Wildman–Crippen MR) is 106 cm³/mol. The molecular formula is C21H27NOSi. The highest BCUT2D eigenvalue weighted by atomic mass is 28.1. The molecule has 0 spiro atoms. The Kier molecular flexibility index (Phi) is 4.23. The third-order valence-electron chi connectivity index (χ3n) is 5.70. The van der Waals surface area contributed by atoms with E-state index in [9.17, 15) is 0 Å². The lowest BCUT2D eigenvalue weighted by molar-refractivity contribution is -0.0253. The van der Waals surface area contributed by atoms with Gasteiger partial charge in [-0.1, -0.05) is 36.4 Å². The van der Waals surface area contributed by atoms with Crippen LogP contribution in [0, 0.1) is 0 Å². The largest absolute Gasteiger partial charge is 0.380 e. The third kappa shape index (κ3) is 2.80. The quantitative estimate of drug-likeness (QED) is 0.644. The van der Waals surface area contributed by atoms with E-state index in [4.69, 9.17) is 4.74 Å². The van der Waals surface area contributed by atoms with Crippen LogP contribution >= 0.6 is 0 Å². The molecule has 2 aromatic carbocycles. The van der Waals surface area contributed by atoms with Crippen molar-refractivity contribution in [3.05, 3.63) is 48.5 Å². The molecule has 0 N–H and O–H groups in total. The third-order valence-corrected chi connectivity index (χ3v) is 6.99. The minimum absolute atomic E-state index is 0.214. The van der Waals surface area contributed by atoms with Crippen molar-refractivity contribution in [2.24, 2.45) is 0 Å². The summed E-state index contributed by atoms with van der Waals surface area (Å²) in [4.78, 5) is 0. The highest BCUT2D eigenvalue weighted by Gasteiger charge is 2.28. The van der Waals surface area contributed by atoms with Gasteiger partial charge in [0, 0.05) is 49.9 Å². The number of hydrogen-bond donors (Lipinski definition) is 0. The molecule has 2 unspecified atom stereocenters. The summed E-state index contributed by atoms with van der Waals surface area (Å²) in [5.74, 6) is 0. The summed E-state index contributed by atoms with van der Waals surface area (Å²) in [6, 6.07) is 18.1. The molecule has 0 radical (unpaired) electrons. The van der Waals surface area contributed by atoms with E-state index < -0.39 is 0 Å². The van der Waals surface area contributed by atoms with Gasteiger partial charge < -0.3 is 9.30 Å². The SMILES string of the molecule is CC(CCC1([SiH3])CCCCO1)n1c2ccccc2c2ccccc21. The van der Waals surface area contributed by atoms with Crippen LogP contribution in [-0.2, 0) is 4.74 Å². The van der Waals surface area contributed by atoms with Crippen LogP contribution < -0.4 is 0 Å². The molecule has 24 heavy (non-hydrogen) atoms. The monoisotopic (exact) mass is 337 g/mol. The van der Waals surface area contributed by atoms with Gasteiger partial charge in [-0.05, 0) is 51.2 Å². The second-order valence-corrected chi connectivity index (χ2v) is 9.37. The summed E-state index contributed by atoms with van der Waals surface area (Å²) in [5, 5.41) is 2.95. The van der Waals surface area contributed by atoms with E-state index in [1.807, 2.05) is 0 Å². The second kappa shape index (κ2) is 6.38. The summed E-state index contributed by atoms with van der Waals surface area (Å²) in [5.41, 5.74) is 2.72. The Hall–Kier alpha value is -1.58. The van der Waals surface area contributed by atoms with Crippen LogP contribution in [0.5, 0.6) is 0 Å². The zero-order valence-corrected chi connectivity index (χ0v) is 16.8. The fourth-order valence-electron chi connectivity index (χ4n) is 4.26. The zero-order valence-electron chi connectivity index (χ0n) is 14.8. The molecule has 1 fully saturated rings. The van der Waals surface area contributed by atoms with Gasteiger partial charge in [0.15, 0.2) is 0 Å². The van der Waals surface area contributed by atoms with Crippen molar-refractivity contribution < 1.29 is 4.74 Å². The van der Waals surface area contributed by atoms with E-state index in [1.165, 1.54) is 53.9 Å². The van der Waals surface area contributed by atoms with Gasteiger partial charge in [-0.3, -0.25) is 0 Å². The number of aromatic nitrogens is 1. The van der Waals surface area contributed by atoms with Gasteiger partial charge in [0.25, 0.3) is 0 Å². The maximum atomic E-state index is 6.16. The van der Waals surface area contributed by atoms with E-state index >= 15 is 0 Å². The summed E-state index contributed by atoms with van der Waals surface area (Å²) < 4.78 is 8.70. The van der Waals surface area contributed by atoms with Gasteiger partial charge in [0.2, 0.25) is 0 Å². The van der Waals surface area contributed by atoms with Crippen molar-refractivity contribution in [2.75, 3.05) is 6.61 Å². The molecule has 1 aliphatic heterocycles. The molecule has 4 rings (SSSR count). The van der Waals surface area contributed by atoms with Gasteiger partial charge in [-0.15, -0.1) is 0 Å². The van der Waals surface area contributed by atoms with Gasteiger partial charge in [0.05, 0.1) is 0 Å². The maximum Gasteiger partial charge on any atom is 0.0493 e. The standard InChI is InChI=1S/C21H27NOSi/c1-16(12-14-21(24)13-6-7-15-23-21)22-19-10-4-2-8-17(19)18-9-3-5-11-20(18)22/h2-5,8-11,16H,6-7,12-15H2,1,24H3. The fourth-order valence-corrected chi connectivity index (χ4v) is 5.11. The Morgan fingerprint density at radius 3 is 2.25 bits per heavy atom. The number of para-hydroxylation sites is 2.